The van der Waals surface area contributed by atoms with Crippen molar-refractivity contribution in [2.75, 3.05) is 6.54 Å². The summed E-state index contributed by atoms with van der Waals surface area (Å²) in [4.78, 5) is 51.4. The fourth-order valence-corrected chi connectivity index (χ4v) is 3.85. The van der Waals surface area contributed by atoms with Crippen molar-refractivity contribution in [1.82, 2.24) is 20.6 Å². The number of rotatable bonds is 3. The van der Waals surface area contributed by atoms with Gasteiger partial charge in [0.1, 0.15) is 0 Å². The Morgan fingerprint density at radius 1 is 1.19 bits per heavy atom. The number of nitrogens with zero attached hydrogens (tertiary/aromatic N) is 1. The third kappa shape index (κ3) is 2.68. The molecule has 10 heteroatoms. The summed E-state index contributed by atoms with van der Waals surface area (Å²) < 4.78 is 0. The molecule has 2 atom stereocenters. The van der Waals surface area contributed by atoms with E-state index in [1.165, 1.54) is 6.07 Å². The quantitative estimate of drug-likeness (QED) is 0.328. The van der Waals surface area contributed by atoms with Crippen LogP contribution in [-0.4, -0.2) is 39.4 Å². The van der Waals surface area contributed by atoms with Crippen molar-refractivity contribution in [1.29, 1.82) is 0 Å². The topological polar surface area (TPSA) is 150 Å². The van der Waals surface area contributed by atoms with E-state index in [-0.39, 0.29) is 29.2 Å². The second kappa shape index (κ2) is 6.06. The molecule has 1 fully saturated rings. The Balaban J connectivity index is 1.72. The lowest BCUT2D eigenvalue weighted by atomic mass is 10.1. The lowest BCUT2D eigenvalue weighted by Crippen LogP contribution is -2.45. The van der Waals surface area contributed by atoms with E-state index in [0.29, 0.717) is 29.5 Å². The average Bonchev–Trinajstić information content (AvgIpc) is 3.24. The smallest absolute Gasteiger partial charge is 0.314 e. The third-order valence-corrected chi connectivity index (χ3v) is 5.04. The van der Waals surface area contributed by atoms with E-state index in [4.69, 9.17) is 0 Å². The largest absolute Gasteiger partial charge is 0.351 e. The zero-order chi connectivity index (χ0) is 18.4. The van der Waals surface area contributed by atoms with Gasteiger partial charge in [0.15, 0.2) is 0 Å². The van der Waals surface area contributed by atoms with Crippen LogP contribution in [0.15, 0.2) is 15.7 Å². The highest BCUT2D eigenvalue weighted by Crippen LogP contribution is 2.35. The highest BCUT2D eigenvalue weighted by atomic mass is 16.6. The number of hydrogen-bond acceptors (Lipinski definition) is 6. The molecule has 0 bridgehead atoms. The number of carbonyl (C=O) groups is 1. The molecule has 1 aromatic carbocycles. The molecule has 0 saturated carbocycles. The first-order valence-corrected chi connectivity index (χ1v) is 8.43. The number of nitro benzene ring substituents is 1. The molecule has 1 saturated heterocycles. The van der Waals surface area contributed by atoms with Crippen LogP contribution < -0.4 is 21.8 Å². The number of fused-ring (bicyclic) bond motifs is 3. The van der Waals surface area contributed by atoms with E-state index >= 15 is 0 Å². The monoisotopic (exact) mass is 359 g/mol. The van der Waals surface area contributed by atoms with Crippen LogP contribution in [0, 0.1) is 10.1 Å². The molecule has 2 aromatic rings. The van der Waals surface area contributed by atoms with Crippen LogP contribution in [0.2, 0.25) is 0 Å². The first-order valence-electron chi connectivity index (χ1n) is 8.43. The molecule has 4 rings (SSSR count). The molecular formula is C16H17N5O5. The van der Waals surface area contributed by atoms with Gasteiger partial charge in [-0.1, -0.05) is 0 Å². The third-order valence-electron chi connectivity index (χ3n) is 5.04. The van der Waals surface area contributed by atoms with Crippen LogP contribution in [0.1, 0.15) is 24.0 Å². The molecule has 26 heavy (non-hydrogen) atoms. The van der Waals surface area contributed by atoms with Gasteiger partial charge in [-0.2, -0.15) is 0 Å². The van der Waals surface area contributed by atoms with E-state index < -0.39 is 16.0 Å². The Hall–Kier alpha value is -3.01. The Kier molecular flexibility index (Phi) is 3.83. The summed E-state index contributed by atoms with van der Waals surface area (Å²) in [5.74, 6) is -0.117. The standard InChI is InChI=1S/C16H17N5O5/c22-14(10-2-1-3-17-10)18-7-4-8-9(5-7)13-11(6-12(8)21(25)26)19-15(23)16(24)20-13/h6-7,10,17H,1-5H2,(H,18,22)(H,19,23)(H,20,24). The van der Waals surface area contributed by atoms with Crippen LogP contribution in [0.5, 0.6) is 0 Å². The molecule has 1 aliphatic carbocycles. The number of nitro groups is 1. The minimum Gasteiger partial charge on any atom is -0.351 e. The zero-order valence-electron chi connectivity index (χ0n) is 13.8. The predicted octanol–water partition coefficient (Wildman–Crippen LogP) is -0.540. The highest BCUT2D eigenvalue weighted by molar-refractivity contribution is 5.85. The van der Waals surface area contributed by atoms with E-state index in [2.05, 4.69) is 20.6 Å². The minimum absolute atomic E-state index is 0.117. The number of nitrogens with one attached hydrogen (secondary N) is 4. The summed E-state index contributed by atoms with van der Waals surface area (Å²) in [6.45, 7) is 0.799. The van der Waals surface area contributed by atoms with E-state index in [0.717, 1.165) is 19.4 Å². The van der Waals surface area contributed by atoms with Crippen LogP contribution in [0.3, 0.4) is 0 Å². The number of hydrogen-bond donors (Lipinski definition) is 4. The predicted molar refractivity (Wildman–Crippen MR) is 92.2 cm³/mol. The molecule has 0 spiro atoms. The SMILES string of the molecule is O=C(NC1Cc2c([N+](=O)[O-])cc3[nH]c(=O)c(=O)[nH]c3c2C1)C1CCCN1. The van der Waals surface area contributed by atoms with E-state index in [9.17, 15) is 24.5 Å². The van der Waals surface area contributed by atoms with Crippen molar-refractivity contribution < 1.29 is 9.72 Å². The second-order valence-electron chi connectivity index (χ2n) is 6.70. The van der Waals surface area contributed by atoms with E-state index in [1.54, 1.807) is 0 Å². The number of benzene rings is 1. The maximum atomic E-state index is 12.3. The second-order valence-corrected chi connectivity index (χ2v) is 6.70. The van der Waals surface area contributed by atoms with Gasteiger partial charge in [-0.15, -0.1) is 0 Å². The van der Waals surface area contributed by atoms with Gasteiger partial charge < -0.3 is 20.6 Å². The van der Waals surface area contributed by atoms with Gasteiger partial charge in [-0.25, -0.2) is 0 Å². The van der Waals surface area contributed by atoms with Crippen molar-refractivity contribution in [3.05, 3.63) is 48.0 Å². The molecule has 2 heterocycles. The molecule has 2 unspecified atom stereocenters. The molecule has 2 aliphatic rings. The first-order chi connectivity index (χ1) is 12.4. The lowest BCUT2D eigenvalue weighted by molar-refractivity contribution is -0.385. The molecule has 4 N–H and O–H groups in total. The van der Waals surface area contributed by atoms with Gasteiger partial charge >= 0.3 is 11.1 Å². The summed E-state index contributed by atoms with van der Waals surface area (Å²) in [5, 5.41) is 17.5. The fraction of sp³-hybridized carbons (Fsp3) is 0.438. The number of carbonyl (C=O) groups excluding carboxylic acids is 1. The summed E-state index contributed by atoms with van der Waals surface area (Å²) in [6, 6.07) is 0.732. The summed E-state index contributed by atoms with van der Waals surface area (Å²) in [5.41, 5.74) is -0.124. The summed E-state index contributed by atoms with van der Waals surface area (Å²) >= 11 is 0. The van der Waals surface area contributed by atoms with Crippen molar-refractivity contribution in [3.63, 3.8) is 0 Å². The van der Waals surface area contributed by atoms with Crippen LogP contribution >= 0.6 is 0 Å². The molecule has 1 amide bonds. The lowest BCUT2D eigenvalue weighted by Gasteiger charge is -2.16. The van der Waals surface area contributed by atoms with Gasteiger partial charge in [-0.3, -0.25) is 24.5 Å². The van der Waals surface area contributed by atoms with Crippen molar-refractivity contribution in [3.8, 4) is 0 Å². The first kappa shape index (κ1) is 16.5. The Morgan fingerprint density at radius 2 is 1.92 bits per heavy atom. The normalized spacial score (nSPS) is 21.7. The average molecular weight is 359 g/mol. The summed E-state index contributed by atoms with van der Waals surface area (Å²) in [6.07, 6.45) is 2.37. The van der Waals surface area contributed by atoms with Crippen molar-refractivity contribution in [2.24, 2.45) is 0 Å². The van der Waals surface area contributed by atoms with Crippen molar-refractivity contribution in [2.45, 2.75) is 37.8 Å². The summed E-state index contributed by atoms with van der Waals surface area (Å²) in [7, 11) is 0. The zero-order valence-corrected chi connectivity index (χ0v) is 13.8. The Morgan fingerprint density at radius 3 is 2.62 bits per heavy atom. The molecule has 136 valence electrons. The van der Waals surface area contributed by atoms with Gasteiger partial charge in [0.25, 0.3) is 5.69 Å². The van der Waals surface area contributed by atoms with Gasteiger partial charge in [0.2, 0.25) is 5.91 Å². The van der Waals surface area contributed by atoms with Crippen LogP contribution in [-0.2, 0) is 17.6 Å². The van der Waals surface area contributed by atoms with Crippen LogP contribution in [0.4, 0.5) is 5.69 Å². The van der Waals surface area contributed by atoms with E-state index in [1.807, 2.05) is 0 Å². The molecule has 10 nitrogen and oxygen atoms in total. The Labute approximate surface area is 146 Å². The number of aromatic nitrogens is 2. The molecule has 1 aromatic heterocycles. The van der Waals surface area contributed by atoms with Gasteiger partial charge in [-0.05, 0) is 31.4 Å². The number of H-pyrrole nitrogens is 2. The fourth-order valence-electron chi connectivity index (χ4n) is 3.85. The molecule has 0 radical (unpaired) electrons. The maximum Gasteiger partial charge on any atom is 0.314 e. The minimum atomic E-state index is -0.859. The molecular weight excluding hydrogens is 342 g/mol. The van der Waals surface area contributed by atoms with Crippen LogP contribution in [0.25, 0.3) is 11.0 Å². The number of aromatic amines is 2. The maximum absolute atomic E-state index is 12.3. The van der Waals surface area contributed by atoms with Gasteiger partial charge in [0, 0.05) is 24.1 Å². The molecule has 1 aliphatic heterocycles. The van der Waals surface area contributed by atoms with Crippen molar-refractivity contribution >= 4 is 22.6 Å². The highest BCUT2D eigenvalue weighted by Gasteiger charge is 2.33. The number of amides is 1. The van der Waals surface area contributed by atoms with Gasteiger partial charge in [0.05, 0.1) is 22.0 Å². The Bertz CT molecular complexity index is 1030.